The third kappa shape index (κ3) is 7.70. The van der Waals surface area contributed by atoms with Crippen LogP contribution in [-0.2, 0) is 4.79 Å². The summed E-state index contributed by atoms with van der Waals surface area (Å²) in [5.74, 6) is -0.685. The molecule has 2 amide bonds. The number of carboxylic acid groups (broad SMARTS) is 1. The molecule has 19 heavy (non-hydrogen) atoms. The summed E-state index contributed by atoms with van der Waals surface area (Å²) in [6.07, 6.45) is 1.56. The third-order valence-electron chi connectivity index (χ3n) is 3.47. The van der Waals surface area contributed by atoms with Gasteiger partial charge in [0.1, 0.15) is 0 Å². The molecule has 0 aromatic carbocycles. The second-order valence-corrected chi connectivity index (χ2v) is 5.69. The predicted octanol–water partition coefficient (Wildman–Crippen LogP) is 2.47. The number of urea groups is 1. The van der Waals surface area contributed by atoms with Gasteiger partial charge in [-0.3, -0.25) is 4.79 Å². The van der Waals surface area contributed by atoms with Gasteiger partial charge in [-0.2, -0.15) is 0 Å². The largest absolute Gasteiger partial charge is 0.481 e. The Kier molecular flexibility index (Phi) is 8.19. The molecule has 0 rings (SSSR count). The third-order valence-corrected chi connectivity index (χ3v) is 3.47. The first-order valence-corrected chi connectivity index (χ1v) is 7.05. The molecular formula is C14H28N2O3. The fraction of sp³-hybridized carbons (Fsp3) is 0.857. The lowest BCUT2D eigenvalue weighted by molar-refractivity contribution is -0.142. The lowest BCUT2D eigenvalue weighted by atomic mass is 9.97. The molecule has 0 radical (unpaired) electrons. The molecule has 0 aliphatic rings. The van der Waals surface area contributed by atoms with Crippen molar-refractivity contribution in [3.05, 3.63) is 0 Å². The van der Waals surface area contributed by atoms with Gasteiger partial charge in [0.2, 0.25) is 0 Å². The van der Waals surface area contributed by atoms with Gasteiger partial charge in [0.25, 0.3) is 0 Å². The Balaban J connectivity index is 4.15. The minimum atomic E-state index is -0.857. The summed E-state index contributed by atoms with van der Waals surface area (Å²) in [5.41, 5.74) is 0. The molecule has 0 aliphatic carbocycles. The van der Waals surface area contributed by atoms with Gasteiger partial charge in [-0.15, -0.1) is 0 Å². The summed E-state index contributed by atoms with van der Waals surface area (Å²) in [6, 6.07) is -0.207. The van der Waals surface area contributed by atoms with Crippen LogP contribution >= 0.6 is 0 Å². The maximum Gasteiger partial charge on any atom is 0.315 e. The maximum absolute atomic E-state index is 11.7. The van der Waals surface area contributed by atoms with Gasteiger partial charge in [0.05, 0.1) is 5.92 Å². The van der Waals surface area contributed by atoms with Crippen molar-refractivity contribution in [3.8, 4) is 0 Å². The number of aliphatic carboxylic acids is 1. The van der Waals surface area contributed by atoms with E-state index in [4.69, 9.17) is 5.11 Å². The first-order chi connectivity index (χ1) is 8.77. The van der Waals surface area contributed by atoms with Gasteiger partial charge in [-0.05, 0) is 25.2 Å². The molecule has 5 nitrogen and oxygen atoms in total. The van der Waals surface area contributed by atoms with E-state index >= 15 is 0 Å². The Labute approximate surface area is 116 Å². The Hall–Kier alpha value is -1.26. The summed E-state index contributed by atoms with van der Waals surface area (Å²) >= 11 is 0. The van der Waals surface area contributed by atoms with Crippen LogP contribution in [0.3, 0.4) is 0 Å². The van der Waals surface area contributed by atoms with Crippen LogP contribution in [0.15, 0.2) is 0 Å². The van der Waals surface area contributed by atoms with Crippen LogP contribution in [0.5, 0.6) is 0 Å². The van der Waals surface area contributed by atoms with E-state index < -0.39 is 11.9 Å². The number of amides is 2. The van der Waals surface area contributed by atoms with Crippen molar-refractivity contribution in [1.29, 1.82) is 0 Å². The minimum absolute atomic E-state index is 0.0818. The van der Waals surface area contributed by atoms with Crippen LogP contribution in [0.1, 0.15) is 47.5 Å². The van der Waals surface area contributed by atoms with E-state index in [1.165, 1.54) is 0 Å². The fourth-order valence-electron chi connectivity index (χ4n) is 1.81. The van der Waals surface area contributed by atoms with Crippen molar-refractivity contribution in [1.82, 2.24) is 10.6 Å². The van der Waals surface area contributed by atoms with Crippen LogP contribution in [0, 0.1) is 17.8 Å². The Morgan fingerprint density at radius 1 is 1.16 bits per heavy atom. The number of hydrogen-bond donors (Lipinski definition) is 3. The highest BCUT2D eigenvalue weighted by molar-refractivity contribution is 5.76. The van der Waals surface area contributed by atoms with Crippen LogP contribution in [-0.4, -0.2) is 29.7 Å². The molecule has 112 valence electrons. The van der Waals surface area contributed by atoms with Crippen LogP contribution < -0.4 is 10.6 Å². The summed E-state index contributed by atoms with van der Waals surface area (Å²) in [7, 11) is 0. The van der Waals surface area contributed by atoms with Crippen molar-refractivity contribution in [2.75, 3.05) is 6.54 Å². The molecule has 0 saturated carbocycles. The zero-order valence-electron chi connectivity index (χ0n) is 12.7. The summed E-state index contributed by atoms with van der Waals surface area (Å²) in [4.78, 5) is 22.7. The molecule has 0 heterocycles. The average molecular weight is 272 g/mol. The van der Waals surface area contributed by atoms with Crippen LogP contribution in [0.2, 0.25) is 0 Å². The van der Waals surface area contributed by atoms with E-state index in [0.717, 1.165) is 6.42 Å². The highest BCUT2D eigenvalue weighted by Gasteiger charge is 2.20. The van der Waals surface area contributed by atoms with E-state index in [0.29, 0.717) is 18.3 Å². The maximum atomic E-state index is 11.7. The number of hydrogen-bond acceptors (Lipinski definition) is 2. The molecule has 0 saturated heterocycles. The van der Waals surface area contributed by atoms with E-state index in [2.05, 4.69) is 24.5 Å². The van der Waals surface area contributed by atoms with Gasteiger partial charge >= 0.3 is 12.0 Å². The van der Waals surface area contributed by atoms with Crippen molar-refractivity contribution >= 4 is 12.0 Å². The first kappa shape index (κ1) is 17.7. The normalized spacial score (nSPS) is 15.7. The van der Waals surface area contributed by atoms with Crippen molar-refractivity contribution in [2.24, 2.45) is 17.8 Å². The molecule has 5 heteroatoms. The molecule has 0 aliphatic heterocycles. The molecule has 0 spiro atoms. The summed E-state index contributed by atoms with van der Waals surface area (Å²) in [5, 5.41) is 14.6. The minimum Gasteiger partial charge on any atom is -0.481 e. The van der Waals surface area contributed by atoms with Gasteiger partial charge in [0.15, 0.2) is 0 Å². The van der Waals surface area contributed by atoms with Crippen molar-refractivity contribution in [2.45, 2.75) is 53.5 Å². The van der Waals surface area contributed by atoms with Gasteiger partial charge < -0.3 is 15.7 Å². The van der Waals surface area contributed by atoms with E-state index in [1.54, 1.807) is 0 Å². The highest BCUT2D eigenvalue weighted by atomic mass is 16.4. The lowest BCUT2D eigenvalue weighted by Crippen LogP contribution is -2.45. The highest BCUT2D eigenvalue weighted by Crippen LogP contribution is 2.11. The molecule has 0 fully saturated rings. The van der Waals surface area contributed by atoms with Crippen LogP contribution in [0.25, 0.3) is 0 Å². The summed E-state index contributed by atoms with van der Waals surface area (Å²) in [6.45, 7) is 10.2. The Morgan fingerprint density at radius 2 is 1.74 bits per heavy atom. The zero-order valence-corrected chi connectivity index (χ0v) is 12.7. The fourth-order valence-corrected chi connectivity index (χ4v) is 1.81. The van der Waals surface area contributed by atoms with Gasteiger partial charge in [-0.25, -0.2) is 4.79 Å². The van der Waals surface area contributed by atoms with Crippen molar-refractivity contribution in [3.63, 3.8) is 0 Å². The molecule has 0 aromatic heterocycles. The topological polar surface area (TPSA) is 78.4 Å². The number of carboxylic acids is 1. The first-order valence-electron chi connectivity index (χ1n) is 7.05. The SMILES string of the molecule is CCC(C)C(C)NC(=O)NCC(CC(C)C)C(=O)O. The average Bonchev–Trinajstić information content (AvgIpc) is 2.32. The quantitative estimate of drug-likeness (QED) is 0.635. The second-order valence-electron chi connectivity index (χ2n) is 5.69. The molecule has 3 unspecified atom stereocenters. The number of carbonyl (C=O) groups excluding carboxylic acids is 1. The van der Waals surface area contributed by atoms with E-state index in [-0.39, 0.29) is 18.6 Å². The van der Waals surface area contributed by atoms with Crippen LogP contribution in [0.4, 0.5) is 4.79 Å². The molecular weight excluding hydrogens is 244 g/mol. The van der Waals surface area contributed by atoms with E-state index in [1.807, 2.05) is 20.8 Å². The Morgan fingerprint density at radius 3 is 2.16 bits per heavy atom. The number of carbonyl (C=O) groups is 2. The van der Waals surface area contributed by atoms with Crippen molar-refractivity contribution < 1.29 is 14.7 Å². The Bertz CT molecular complexity index is 292. The standard InChI is InChI=1S/C14H28N2O3/c1-6-10(4)11(5)16-14(19)15-8-12(13(17)18)7-9(2)3/h9-12H,6-8H2,1-5H3,(H,17,18)(H2,15,16,19). The van der Waals surface area contributed by atoms with Gasteiger partial charge in [0, 0.05) is 12.6 Å². The molecule has 0 bridgehead atoms. The van der Waals surface area contributed by atoms with Gasteiger partial charge in [-0.1, -0.05) is 34.1 Å². The number of rotatable bonds is 8. The lowest BCUT2D eigenvalue weighted by Gasteiger charge is -2.21. The number of nitrogens with one attached hydrogen (secondary N) is 2. The molecule has 0 aromatic rings. The monoisotopic (exact) mass is 272 g/mol. The smallest absolute Gasteiger partial charge is 0.315 e. The molecule has 3 N–H and O–H groups in total. The summed E-state index contributed by atoms with van der Waals surface area (Å²) < 4.78 is 0. The van der Waals surface area contributed by atoms with E-state index in [9.17, 15) is 9.59 Å². The predicted molar refractivity (Wildman–Crippen MR) is 76.0 cm³/mol. The molecule has 3 atom stereocenters. The zero-order chi connectivity index (χ0) is 15.0. The second kappa shape index (κ2) is 8.77.